The normalized spacial score (nSPS) is 10.7. The number of hydrogen-bond acceptors (Lipinski definition) is 4. The lowest BCUT2D eigenvalue weighted by Gasteiger charge is -2.10. The van der Waals surface area contributed by atoms with Crippen molar-refractivity contribution in [1.82, 2.24) is 0 Å². The second kappa shape index (κ2) is 32.1. The molecule has 0 saturated carbocycles. The topological polar surface area (TPSA) is 52.6 Å². The molecule has 0 aromatic heterocycles. The first-order chi connectivity index (χ1) is 20.6. The summed E-state index contributed by atoms with van der Waals surface area (Å²) in [5, 5.41) is 0. The fourth-order valence-electron chi connectivity index (χ4n) is 5.00. The molecule has 244 valence electrons. The number of hydrogen-bond donors (Lipinski definition) is 0. The van der Waals surface area contributed by atoms with Crippen LogP contribution in [0.1, 0.15) is 203 Å². The van der Waals surface area contributed by atoms with Crippen molar-refractivity contribution in [3.05, 3.63) is 35.4 Å². The van der Waals surface area contributed by atoms with E-state index < -0.39 is 11.9 Å². The maximum atomic E-state index is 12.4. The van der Waals surface area contributed by atoms with E-state index in [0.29, 0.717) is 24.3 Å². The lowest BCUT2D eigenvalue weighted by atomic mass is 10.1. The van der Waals surface area contributed by atoms with Crippen LogP contribution in [0.3, 0.4) is 0 Å². The van der Waals surface area contributed by atoms with Gasteiger partial charge in [-0.25, -0.2) is 9.59 Å². The lowest BCUT2D eigenvalue weighted by Crippen LogP contribution is -2.15. The second-order valence-corrected chi connectivity index (χ2v) is 11.9. The van der Waals surface area contributed by atoms with E-state index in [1.54, 1.807) is 24.3 Å². The number of rotatable bonds is 27. The van der Waals surface area contributed by atoms with Gasteiger partial charge in [-0.2, -0.15) is 0 Å². The molecule has 0 radical (unpaired) electrons. The Morgan fingerprint density at radius 1 is 0.405 bits per heavy atom. The van der Waals surface area contributed by atoms with E-state index in [2.05, 4.69) is 27.7 Å². The van der Waals surface area contributed by atoms with Crippen LogP contribution in [-0.4, -0.2) is 25.2 Å². The highest BCUT2D eigenvalue weighted by atomic mass is 16.5. The van der Waals surface area contributed by atoms with E-state index in [9.17, 15) is 9.59 Å². The van der Waals surface area contributed by atoms with Gasteiger partial charge in [0.2, 0.25) is 0 Å². The molecule has 0 aliphatic heterocycles. The van der Waals surface area contributed by atoms with Crippen molar-refractivity contribution < 1.29 is 19.1 Å². The van der Waals surface area contributed by atoms with Gasteiger partial charge in [0.15, 0.2) is 0 Å². The summed E-state index contributed by atoms with van der Waals surface area (Å²) in [7, 11) is 0. The Morgan fingerprint density at radius 2 is 0.643 bits per heavy atom. The van der Waals surface area contributed by atoms with Crippen molar-refractivity contribution in [1.29, 1.82) is 0 Å². The summed E-state index contributed by atoms with van der Waals surface area (Å²) in [5.74, 6) is -0.888. The van der Waals surface area contributed by atoms with E-state index in [1.165, 1.54) is 128 Å². The van der Waals surface area contributed by atoms with Crippen LogP contribution in [0.2, 0.25) is 0 Å². The van der Waals surface area contributed by atoms with Crippen LogP contribution < -0.4 is 0 Å². The van der Waals surface area contributed by atoms with Crippen LogP contribution in [-0.2, 0) is 9.47 Å². The largest absolute Gasteiger partial charge is 0.462 e. The van der Waals surface area contributed by atoms with Crippen molar-refractivity contribution in [2.24, 2.45) is 0 Å². The van der Waals surface area contributed by atoms with Crippen LogP contribution >= 0.6 is 0 Å². The molecule has 0 unspecified atom stereocenters. The third-order valence-corrected chi connectivity index (χ3v) is 7.79. The van der Waals surface area contributed by atoms with Crippen LogP contribution in [0.15, 0.2) is 24.3 Å². The van der Waals surface area contributed by atoms with Crippen LogP contribution in [0, 0.1) is 0 Å². The third-order valence-electron chi connectivity index (χ3n) is 7.79. The first-order valence-electron chi connectivity index (χ1n) is 18.0. The highest BCUT2D eigenvalue weighted by molar-refractivity contribution is 6.03. The van der Waals surface area contributed by atoms with Gasteiger partial charge in [0.05, 0.1) is 24.3 Å². The molecule has 0 N–H and O–H groups in total. The summed E-state index contributed by atoms with van der Waals surface area (Å²) >= 11 is 0. The average molecular weight is 589 g/mol. The number of benzene rings is 1. The Hall–Kier alpha value is -1.84. The van der Waals surface area contributed by atoms with Crippen molar-refractivity contribution in [2.75, 3.05) is 13.2 Å². The summed E-state index contributed by atoms with van der Waals surface area (Å²) in [4.78, 5) is 24.7. The van der Waals surface area contributed by atoms with Crippen molar-refractivity contribution >= 4 is 11.9 Å². The van der Waals surface area contributed by atoms with Crippen molar-refractivity contribution in [3.8, 4) is 0 Å². The molecule has 1 aromatic rings. The fraction of sp³-hybridized carbons (Fsp3) is 0.789. The zero-order chi connectivity index (χ0) is 30.9. The van der Waals surface area contributed by atoms with Gasteiger partial charge in [-0.05, 0) is 25.0 Å². The maximum Gasteiger partial charge on any atom is 0.339 e. The summed E-state index contributed by atoms with van der Waals surface area (Å²) in [6.07, 6.45) is 31.1. The summed E-state index contributed by atoms with van der Waals surface area (Å²) in [5.41, 5.74) is 0.586. The predicted octanol–water partition coefficient (Wildman–Crippen LogP) is 12.4. The molecule has 4 nitrogen and oxygen atoms in total. The molecule has 0 atom stereocenters. The van der Waals surface area contributed by atoms with E-state index in [-0.39, 0.29) is 0 Å². The molecule has 1 rings (SSSR count). The summed E-state index contributed by atoms with van der Waals surface area (Å²) in [6, 6.07) is 6.74. The average Bonchev–Trinajstić information content (AvgIpc) is 3.01. The Morgan fingerprint density at radius 3 is 0.905 bits per heavy atom. The molecule has 0 aliphatic carbocycles. The molecule has 1 aromatic carbocycles. The minimum absolute atomic E-state index is 0.293. The highest BCUT2D eigenvalue weighted by Gasteiger charge is 2.18. The van der Waals surface area contributed by atoms with E-state index in [0.717, 1.165) is 25.7 Å². The Kier molecular flexibility index (Phi) is 30.7. The summed E-state index contributed by atoms with van der Waals surface area (Å²) < 4.78 is 10.7. The second-order valence-electron chi connectivity index (χ2n) is 11.9. The minimum Gasteiger partial charge on any atom is -0.462 e. The zero-order valence-electron chi connectivity index (χ0n) is 28.3. The van der Waals surface area contributed by atoms with Crippen molar-refractivity contribution in [3.63, 3.8) is 0 Å². The summed E-state index contributed by atoms with van der Waals surface area (Å²) in [6.45, 7) is 9.75. The van der Waals surface area contributed by atoms with Crippen LogP contribution in [0.25, 0.3) is 0 Å². The van der Waals surface area contributed by atoms with Gasteiger partial charge in [-0.15, -0.1) is 0 Å². The third kappa shape index (κ3) is 24.7. The maximum absolute atomic E-state index is 12.4. The van der Waals surface area contributed by atoms with Gasteiger partial charge >= 0.3 is 11.9 Å². The molecule has 0 heterocycles. The number of carbonyl (C=O) groups is 2. The standard InChI is InChI=1S/C24H38O4.C14H30/c1-3-5-7-9-11-15-19-27-23(25)21-17-13-14-18-22(21)24(26)28-20-16-12-10-8-6-4-2;1-3-5-7-9-11-13-14-12-10-8-6-4-2/h13-14,17-18H,3-12,15-16,19-20H2,1-2H3;3-14H2,1-2H3. The zero-order valence-corrected chi connectivity index (χ0v) is 28.3. The van der Waals surface area contributed by atoms with Crippen LogP contribution in [0.5, 0.6) is 0 Å². The molecule has 0 saturated heterocycles. The van der Waals surface area contributed by atoms with Gasteiger partial charge in [-0.1, -0.05) is 181 Å². The van der Waals surface area contributed by atoms with Gasteiger partial charge in [0.25, 0.3) is 0 Å². The van der Waals surface area contributed by atoms with E-state index >= 15 is 0 Å². The number of esters is 2. The Labute approximate surface area is 261 Å². The molecule has 42 heavy (non-hydrogen) atoms. The smallest absolute Gasteiger partial charge is 0.339 e. The highest BCUT2D eigenvalue weighted by Crippen LogP contribution is 2.14. The molecule has 0 fully saturated rings. The van der Waals surface area contributed by atoms with Crippen molar-refractivity contribution in [2.45, 2.75) is 182 Å². The fourth-order valence-corrected chi connectivity index (χ4v) is 5.00. The molecular weight excluding hydrogens is 520 g/mol. The van der Waals surface area contributed by atoms with Gasteiger partial charge < -0.3 is 9.47 Å². The van der Waals surface area contributed by atoms with E-state index in [1.807, 2.05) is 0 Å². The molecule has 0 bridgehead atoms. The first kappa shape index (κ1) is 40.2. The van der Waals surface area contributed by atoms with E-state index in [4.69, 9.17) is 9.47 Å². The van der Waals surface area contributed by atoms with Gasteiger partial charge in [0.1, 0.15) is 0 Å². The minimum atomic E-state index is -0.444. The van der Waals surface area contributed by atoms with Gasteiger partial charge in [-0.3, -0.25) is 0 Å². The first-order valence-corrected chi connectivity index (χ1v) is 18.0. The van der Waals surface area contributed by atoms with Gasteiger partial charge in [0, 0.05) is 0 Å². The quantitative estimate of drug-likeness (QED) is 0.0757. The molecular formula is C38H68O4. The molecule has 0 aliphatic rings. The monoisotopic (exact) mass is 589 g/mol. The molecule has 0 spiro atoms. The molecule has 0 amide bonds. The Balaban J connectivity index is 0.00000101. The number of unbranched alkanes of at least 4 members (excludes halogenated alkanes) is 21. The Bertz CT molecular complexity index is 669. The SMILES string of the molecule is CCCCCCCCCCCCCC.CCCCCCCCOC(=O)c1ccccc1C(=O)OCCCCCCCC. The molecule has 4 heteroatoms. The lowest BCUT2D eigenvalue weighted by molar-refractivity contribution is 0.0450. The predicted molar refractivity (Wildman–Crippen MR) is 181 cm³/mol. The number of carbonyl (C=O) groups excluding carboxylic acids is 2. The van der Waals surface area contributed by atoms with Crippen LogP contribution in [0.4, 0.5) is 0 Å². The number of ether oxygens (including phenoxy) is 2.